The van der Waals surface area contributed by atoms with Crippen molar-refractivity contribution in [2.24, 2.45) is 0 Å². The predicted octanol–water partition coefficient (Wildman–Crippen LogP) is 6.18. The number of methoxy groups -OCH3 is 1. The molecule has 3 rings (SSSR count). The maximum Gasteiger partial charge on any atom is 0.349 e. The Kier molecular flexibility index (Phi) is 8.96. The number of carbonyl (C=O) groups excluding carboxylic acids is 2. The number of hydrogen-bond donors (Lipinski definition) is 0. The van der Waals surface area contributed by atoms with Crippen molar-refractivity contribution in [3.05, 3.63) is 62.7 Å². The average molecular weight is 607 g/mol. The first-order valence-electron chi connectivity index (χ1n) is 12.5. The number of likely N-dealkylation sites (N-methyl/N-ethyl adjacent to an activating group) is 1. The quantitative estimate of drug-likeness (QED) is 0.253. The van der Waals surface area contributed by atoms with Crippen LogP contribution in [-0.2, 0) is 27.9 Å². The third-order valence-electron chi connectivity index (χ3n) is 6.79. The number of hydrogen-bond acceptors (Lipinski definition) is 4. The lowest BCUT2D eigenvalue weighted by Gasteiger charge is -2.24. The molecule has 7 heteroatoms. The highest BCUT2D eigenvalue weighted by molar-refractivity contribution is 14.1. The maximum atomic E-state index is 12.8. The van der Waals surface area contributed by atoms with E-state index < -0.39 is 11.6 Å². The monoisotopic (exact) mass is 606 g/mol. The van der Waals surface area contributed by atoms with E-state index in [1.165, 1.54) is 18.2 Å². The van der Waals surface area contributed by atoms with Crippen molar-refractivity contribution in [2.75, 3.05) is 20.7 Å². The van der Waals surface area contributed by atoms with Crippen LogP contribution < -0.4 is 4.74 Å². The predicted molar refractivity (Wildman–Crippen MR) is 151 cm³/mol. The molecule has 196 valence electrons. The van der Waals surface area contributed by atoms with Crippen molar-refractivity contribution in [2.45, 2.75) is 77.5 Å². The van der Waals surface area contributed by atoms with E-state index in [-0.39, 0.29) is 17.5 Å². The van der Waals surface area contributed by atoms with Crippen LogP contribution in [0.3, 0.4) is 0 Å². The third kappa shape index (κ3) is 6.93. The molecule has 36 heavy (non-hydrogen) atoms. The zero-order chi connectivity index (χ0) is 26.7. The number of rotatable bonds is 9. The highest BCUT2D eigenvalue weighted by Gasteiger charge is 2.34. The van der Waals surface area contributed by atoms with Crippen molar-refractivity contribution < 1.29 is 19.1 Å². The van der Waals surface area contributed by atoms with Crippen LogP contribution in [0, 0.1) is 3.57 Å². The summed E-state index contributed by atoms with van der Waals surface area (Å²) in [6.45, 7) is 11.4. The SMILES string of the molecule is COC(=O)C(C)(C)Oc1ccc(CCCC2CN(Cc3ccc(C(C)(C)C)cc3)C(=O)N2C)cc1I. The van der Waals surface area contributed by atoms with E-state index in [1.54, 1.807) is 13.8 Å². The number of ether oxygens (including phenoxy) is 2. The molecule has 0 spiro atoms. The van der Waals surface area contributed by atoms with Gasteiger partial charge in [0.25, 0.3) is 0 Å². The number of benzene rings is 2. The van der Waals surface area contributed by atoms with E-state index in [9.17, 15) is 9.59 Å². The van der Waals surface area contributed by atoms with Gasteiger partial charge in [0.2, 0.25) is 0 Å². The van der Waals surface area contributed by atoms with Crippen molar-refractivity contribution in [3.63, 3.8) is 0 Å². The van der Waals surface area contributed by atoms with Crippen LogP contribution in [0.5, 0.6) is 5.75 Å². The first-order chi connectivity index (χ1) is 16.8. The number of carbonyl (C=O) groups is 2. The smallest absolute Gasteiger partial charge is 0.349 e. The molecule has 2 aromatic rings. The number of esters is 1. The fraction of sp³-hybridized carbons (Fsp3) is 0.517. The van der Waals surface area contributed by atoms with Crippen LogP contribution in [0.4, 0.5) is 4.79 Å². The molecule has 0 saturated carbocycles. The number of halogens is 1. The van der Waals surface area contributed by atoms with Gasteiger partial charge in [0, 0.05) is 20.1 Å². The Hall–Kier alpha value is -2.29. The number of amides is 2. The summed E-state index contributed by atoms with van der Waals surface area (Å²) in [5, 5.41) is 0. The first kappa shape index (κ1) is 28.3. The molecule has 1 unspecified atom stereocenters. The van der Waals surface area contributed by atoms with Crippen LogP contribution in [0.15, 0.2) is 42.5 Å². The van der Waals surface area contributed by atoms with Gasteiger partial charge < -0.3 is 19.3 Å². The lowest BCUT2D eigenvalue weighted by atomic mass is 9.87. The first-order valence-corrected chi connectivity index (χ1v) is 13.6. The minimum atomic E-state index is -1.05. The Balaban J connectivity index is 1.53. The number of aryl methyl sites for hydroxylation is 1. The Labute approximate surface area is 229 Å². The normalized spacial score (nSPS) is 16.4. The summed E-state index contributed by atoms with van der Waals surface area (Å²) in [5.41, 5.74) is 2.76. The van der Waals surface area contributed by atoms with E-state index in [4.69, 9.17) is 9.47 Å². The molecule has 1 heterocycles. The molecule has 1 atom stereocenters. The van der Waals surface area contributed by atoms with Gasteiger partial charge in [0.15, 0.2) is 5.60 Å². The molecule has 2 amide bonds. The fourth-order valence-electron chi connectivity index (χ4n) is 4.47. The lowest BCUT2D eigenvalue weighted by molar-refractivity contribution is -0.156. The standard InChI is InChI=1S/C29H39IN2O4/c1-28(2,3)22-14-11-21(12-15-22)18-32-19-23(31(6)27(32)34)10-8-9-20-13-16-25(24(30)17-20)36-29(4,5)26(33)35-7/h11-17,23H,8-10,18-19H2,1-7H3. The molecule has 2 aromatic carbocycles. The highest BCUT2D eigenvalue weighted by atomic mass is 127. The second-order valence-corrected chi connectivity index (χ2v) is 12.3. The molecule has 6 nitrogen and oxygen atoms in total. The van der Waals surface area contributed by atoms with Crippen molar-refractivity contribution in [3.8, 4) is 5.75 Å². The van der Waals surface area contributed by atoms with Gasteiger partial charge in [-0.15, -0.1) is 0 Å². The molecule has 0 bridgehead atoms. The van der Waals surface area contributed by atoms with Gasteiger partial charge in [-0.3, -0.25) is 0 Å². The molecule has 1 aliphatic rings. The summed E-state index contributed by atoms with van der Waals surface area (Å²) in [6, 6.07) is 15.0. The van der Waals surface area contributed by atoms with E-state index in [1.807, 2.05) is 29.0 Å². The van der Waals surface area contributed by atoms with Crippen LogP contribution in [0.1, 0.15) is 64.2 Å². The zero-order valence-electron chi connectivity index (χ0n) is 22.6. The van der Waals surface area contributed by atoms with Gasteiger partial charge in [0.05, 0.1) is 16.7 Å². The lowest BCUT2D eigenvalue weighted by Crippen LogP contribution is -2.39. The Morgan fingerprint density at radius 2 is 1.69 bits per heavy atom. The Morgan fingerprint density at radius 1 is 1.06 bits per heavy atom. The van der Waals surface area contributed by atoms with Gasteiger partial charge in [0.1, 0.15) is 5.75 Å². The van der Waals surface area contributed by atoms with Gasteiger partial charge >= 0.3 is 12.0 Å². The molecule has 1 saturated heterocycles. The van der Waals surface area contributed by atoms with Crippen molar-refractivity contribution in [1.29, 1.82) is 0 Å². The topological polar surface area (TPSA) is 59.1 Å². The maximum absolute atomic E-state index is 12.8. The number of urea groups is 1. The van der Waals surface area contributed by atoms with Gasteiger partial charge in [-0.05, 0) is 89.9 Å². The molecule has 0 radical (unpaired) electrons. The van der Waals surface area contributed by atoms with E-state index in [0.717, 1.165) is 34.9 Å². The van der Waals surface area contributed by atoms with E-state index >= 15 is 0 Å². The highest BCUT2D eigenvalue weighted by Crippen LogP contribution is 2.28. The van der Waals surface area contributed by atoms with Gasteiger partial charge in [-0.2, -0.15) is 0 Å². The third-order valence-corrected chi connectivity index (χ3v) is 7.63. The molecule has 0 aromatic heterocycles. The Bertz CT molecular complexity index is 1080. The van der Waals surface area contributed by atoms with Crippen LogP contribution in [0.2, 0.25) is 0 Å². The minimum absolute atomic E-state index is 0.101. The van der Waals surface area contributed by atoms with Crippen LogP contribution in [0.25, 0.3) is 0 Å². The summed E-state index contributed by atoms with van der Waals surface area (Å²) in [7, 11) is 3.27. The van der Waals surface area contributed by atoms with Crippen LogP contribution in [-0.4, -0.2) is 54.1 Å². The fourth-order valence-corrected chi connectivity index (χ4v) is 5.16. The van der Waals surface area contributed by atoms with E-state index in [2.05, 4.69) is 73.7 Å². The zero-order valence-corrected chi connectivity index (χ0v) is 24.7. The van der Waals surface area contributed by atoms with Crippen molar-refractivity contribution >= 4 is 34.6 Å². The second-order valence-electron chi connectivity index (χ2n) is 11.1. The van der Waals surface area contributed by atoms with Gasteiger partial charge in [-0.25, -0.2) is 9.59 Å². The molecular formula is C29H39IN2O4. The molecule has 0 N–H and O–H groups in total. The Morgan fingerprint density at radius 3 is 2.28 bits per heavy atom. The summed E-state index contributed by atoms with van der Waals surface area (Å²) in [4.78, 5) is 28.6. The summed E-state index contributed by atoms with van der Waals surface area (Å²) >= 11 is 2.24. The van der Waals surface area contributed by atoms with Gasteiger partial charge in [-0.1, -0.05) is 51.1 Å². The average Bonchev–Trinajstić information content (AvgIpc) is 3.07. The molecule has 0 aliphatic carbocycles. The summed E-state index contributed by atoms with van der Waals surface area (Å²) in [6.07, 6.45) is 2.86. The second kappa shape index (κ2) is 11.4. The van der Waals surface area contributed by atoms with E-state index in [0.29, 0.717) is 12.3 Å². The number of nitrogens with zero attached hydrogens (tertiary/aromatic N) is 2. The van der Waals surface area contributed by atoms with Crippen LogP contribution >= 0.6 is 22.6 Å². The largest absolute Gasteiger partial charge is 0.475 e. The molecule has 1 aliphatic heterocycles. The van der Waals surface area contributed by atoms with Crippen molar-refractivity contribution in [1.82, 2.24) is 9.80 Å². The minimum Gasteiger partial charge on any atom is -0.475 e. The summed E-state index contributed by atoms with van der Waals surface area (Å²) in [5.74, 6) is 0.260. The molecular weight excluding hydrogens is 567 g/mol. The molecule has 1 fully saturated rings. The summed E-state index contributed by atoms with van der Waals surface area (Å²) < 4.78 is 11.7.